The highest BCUT2D eigenvalue weighted by Gasteiger charge is 2.17. The van der Waals surface area contributed by atoms with Crippen molar-refractivity contribution in [2.24, 2.45) is 0 Å². The van der Waals surface area contributed by atoms with Gasteiger partial charge in [0.1, 0.15) is 17.1 Å². The van der Waals surface area contributed by atoms with E-state index in [0.29, 0.717) is 15.8 Å². The lowest BCUT2D eigenvalue weighted by molar-refractivity contribution is -0.384. The molecule has 1 N–H and O–H groups in total. The predicted molar refractivity (Wildman–Crippen MR) is 79.0 cm³/mol. The van der Waals surface area contributed by atoms with E-state index in [1.807, 2.05) is 0 Å². The molecule has 0 aliphatic carbocycles. The minimum Gasteiger partial charge on any atom is -0.478 e. The largest absolute Gasteiger partial charge is 0.478 e. The monoisotopic (exact) mass is 351 g/mol. The first-order valence-electron chi connectivity index (χ1n) is 5.85. The Morgan fingerprint density at radius 2 is 2.00 bits per heavy atom. The first kappa shape index (κ1) is 15.0. The molecule has 2 rings (SSSR count). The fourth-order valence-corrected chi connectivity index (χ4v) is 2.29. The lowest BCUT2D eigenvalue weighted by Gasteiger charge is -2.11. The number of halogens is 1. The van der Waals surface area contributed by atoms with Crippen LogP contribution >= 0.6 is 15.9 Å². The van der Waals surface area contributed by atoms with E-state index in [-0.39, 0.29) is 17.0 Å². The van der Waals surface area contributed by atoms with Gasteiger partial charge in [0.2, 0.25) is 0 Å². The summed E-state index contributed by atoms with van der Waals surface area (Å²) in [6.07, 6.45) is 0. The van der Waals surface area contributed by atoms with Gasteiger partial charge in [0, 0.05) is 16.6 Å². The number of carboxylic acids is 1. The van der Waals surface area contributed by atoms with E-state index in [2.05, 4.69) is 15.9 Å². The molecule has 108 valence electrons. The predicted octanol–water partition coefficient (Wildman–Crippen LogP) is 4.16. The molecule has 0 spiro atoms. The zero-order valence-electron chi connectivity index (χ0n) is 10.9. The molecule has 0 aliphatic rings. The van der Waals surface area contributed by atoms with Crippen molar-refractivity contribution in [3.63, 3.8) is 0 Å². The Hall–Kier alpha value is -2.41. The van der Waals surface area contributed by atoms with E-state index >= 15 is 0 Å². The van der Waals surface area contributed by atoms with Gasteiger partial charge in [-0.3, -0.25) is 10.1 Å². The highest BCUT2D eigenvalue weighted by atomic mass is 79.9. The van der Waals surface area contributed by atoms with Gasteiger partial charge in [0.25, 0.3) is 5.69 Å². The molecule has 0 amide bonds. The number of ether oxygens (including phenoxy) is 1. The molecule has 0 bridgehead atoms. The summed E-state index contributed by atoms with van der Waals surface area (Å²) in [7, 11) is 0. The molecule has 7 heteroatoms. The molecule has 0 aromatic heterocycles. The molecule has 2 aromatic rings. The van der Waals surface area contributed by atoms with Crippen LogP contribution in [-0.2, 0) is 0 Å². The van der Waals surface area contributed by atoms with Gasteiger partial charge in [-0.2, -0.15) is 0 Å². The van der Waals surface area contributed by atoms with Crippen molar-refractivity contribution in [3.8, 4) is 11.5 Å². The number of hydrogen-bond acceptors (Lipinski definition) is 4. The van der Waals surface area contributed by atoms with E-state index < -0.39 is 10.9 Å². The van der Waals surface area contributed by atoms with Gasteiger partial charge in [-0.05, 0) is 46.6 Å². The number of non-ortho nitro benzene ring substituents is 1. The number of hydrogen-bond donors (Lipinski definition) is 1. The average molecular weight is 352 g/mol. The number of carbonyl (C=O) groups is 1. The Bertz CT molecular complexity index is 729. The van der Waals surface area contributed by atoms with E-state index in [0.717, 1.165) is 0 Å². The fourth-order valence-electron chi connectivity index (χ4n) is 1.78. The summed E-state index contributed by atoms with van der Waals surface area (Å²) in [6, 6.07) is 8.88. The summed E-state index contributed by atoms with van der Waals surface area (Å²) in [5, 5.41) is 19.9. The van der Waals surface area contributed by atoms with Gasteiger partial charge in [-0.15, -0.1) is 0 Å². The Morgan fingerprint density at radius 1 is 1.29 bits per heavy atom. The Balaban J connectivity index is 2.42. The van der Waals surface area contributed by atoms with Crippen LogP contribution in [0.1, 0.15) is 15.9 Å². The molecular weight excluding hydrogens is 342 g/mol. The van der Waals surface area contributed by atoms with Crippen LogP contribution in [-0.4, -0.2) is 16.0 Å². The molecule has 0 aliphatic heterocycles. The van der Waals surface area contributed by atoms with Crippen molar-refractivity contribution in [2.45, 2.75) is 6.92 Å². The van der Waals surface area contributed by atoms with E-state index in [1.54, 1.807) is 19.1 Å². The topological polar surface area (TPSA) is 89.7 Å². The first-order valence-corrected chi connectivity index (χ1v) is 6.64. The van der Waals surface area contributed by atoms with Crippen molar-refractivity contribution >= 4 is 27.6 Å². The van der Waals surface area contributed by atoms with E-state index in [1.165, 1.54) is 24.3 Å². The van der Waals surface area contributed by atoms with Crippen molar-refractivity contribution < 1.29 is 19.6 Å². The number of nitrogens with zero attached hydrogens (tertiary/aromatic N) is 1. The third-order valence-corrected chi connectivity index (χ3v) is 3.44. The Labute approximate surface area is 128 Å². The number of aromatic carboxylic acids is 1. The zero-order chi connectivity index (χ0) is 15.6. The van der Waals surface area contributed by atoms with Gasteiger partial charge in [-0.1, -0.05) is 6.07 Å². The summed E-state index contributed by atoms with van der Waals surface area (Å²) < 4.78 is 5.98. The zero-order valence-corrected chi connectivity index (χ0v) is 12.5. The summed E-state index contributed by atoms with van der Waals surface area (Å²) in [5.74, 6) is -0.605. The van der Waals surface area contributed by atoms with Crippen LogP contribution < -0.4 is 4.74 Å². The van der Waals surface area contributed by atoms with Crippen LogP contribution in [0.2, 0.25) is 0 Å². The van der Waals surface area contributed by atoms with Crippen molar-refractivity contribution in [1.29, 1.82) is 0 Å². The molecule has 0 heterocycles. The van der Waals surface area contributed by atoms with Crippen LogP contribution in [0, 0.1) is 17.0 Å². The quantitative estimate of drug-likeness (QED) is 0.659. The molecule has 0 saturated heterocycles. The summed E-state index contributed by atoms with van der Waals surface area (Å²) in [4.78, 5) is 21.5. The van der Waals surface area contributed by atoms with Gasteiger partial charge in [0.15, 0.2) is 0 Å². The van der Waals surface area contributed by atoms with Gasteiger partial charge in [-0.25, -0.2) is 4.79 Å². The van der Waals surface area contributed by atoms with Crippen LogP contribution in [0.3, 0.4) is 0 Å². The van der Waals surface area contributed by atoms with Crippen molar-refractivity contribution in [2.75, 3.05) is 0 Å². The summed E-state index contributed by atoms with van der Waals surface area (Å²) in [6.45, 7) is 1.65. The number of aryl methyl sites for hydroxylation is 1. The third-order valence-electron chi connectivity index (χ3n) is 2.78. The normalized spacial score (nSPS) is 10.2. The highest BCUT2D eigenvalue weighted by molar-refractivity contribution is 9.10. The molecule has 0 fully saturated rings. The standard InChI is InChI=1S/C14H10BrNO5/c1-8-7-9(16(19)20)5-6-11(8)21-12-4-2-3-10(15)13(12)14(17)18/h2-7H,1H3,(H,17,18). The number of carboxylic acid groups (broad SMARTS) is 1. The molecule has 2 aromatic carbocycles. The average Bonchev–Trinajstić information content (AvgIpc) is 2.40. The van der Waals surface area contributed by atoms with Crippen molar-refractivity contribution in [3.05, 3.63) is 62.1 Å². The Kier molecular flexibility index (Phi) is 4.23. The molecule has 0 saturated carbocycles. The van der Waals surface area contributed by atoms with Crippen LogP contribution in [0.5, 0.6) is 11.5 Å². The van der Waals surface area contributed by atoms with Crippen LogP contribution in [0.25, 0.3) is 0 Å². The molecule has 0 radical (unpaired) electrons. The van der Waals surface area contributed by atoms with Crippen LogP contribution in [0.4, 0.5) is 5.69 Å². The van der Waals surface area contributed by atoms with E-state index in [9.17, 15) is 20.0 Å². The molecule has 21 heavy (non-hydrogen) atoms. The minimum atomic E-state index is -1.13. The maximum atomic E-state index is 11.3. The second-order valence-corrected chi connectivity index (χ2v) is 5.08. The van der Waals surface area contributed by atoms with Gasteiger partial charge < -0.3 is 9.84 Å². The van der Waals surface area contributed by atoms with Gasteiger partial charge in [0.05, 0.1) is 4.92 Å². The second kappa shape index (κ2) is 5.92. The van der Waals surface area contributed by atoms with Crippen molar-refractivity contribution in [1.82, 2.24) is 0 Å². The Morgan fingerprint density at radius 3 is 2.57 bits per heavy atom. The van der Waals surface area contributed by atoms with Crippen LogP contribution in [0.15, 0.2) is 40.9 Å². The molecular formula is C14H10BrNO5. The maximum Gasteiger partial charge on any atom is 0.340 e. The first-order chi connectivity index (χ1) is 9.90. The fraction of sp³-hybridized carbons (Fsp3) is 0.0714. The number of benzene rings is 2. The smallest absolute Gasteiger partial charge is 0.340 e. The lowest BCUT2D eigenvalue weighted by atomic mass is 10.2. The molecule has 0 atom stereocenters. The summed E-state index contributed by atoms with van der Waals surface area (Å²) >= 11 is 3.16. The number of rotatable bonds is 4. The maximum absolute atomic E-state index is 11.3. The van der Waals surface area contributed by atoms with Gasteiger partial charge >= 0.3 is 5.97 Å². The third kappa shape index (κ3) is 3.19. The second-order valence-electron chi connectivity index (χ2n) is 4.23. The number of nitro benzene ring substituents is 1. The SMILES string of the molecule is Cc1cc([N+](=O)[O-])ccc1Oc1cccc(Br)c1C(=O)O. The summed E-state index contributed by atoms with van der Waals surface area (Å²) in [5.41, 5.74) is 0.489. The lowest BCUT2D eigenvalue weighted by Crippen LogP contribution is -2.02. The number of nitro groups is 1. The highest BCUT2D eigenvalue weighted by Crippen LogP contribution is 2.33. The van der Waals surface area contributed by atoms with E-state index in [4.69, 9.17) is 4.74 Å². The molecule has 0 unspecified atom stereocenters. The molecule has 6 nitrogen and oxygen atoms in total. The minimum absolute atomic E-state index is 0.00440.